The lowest BCUT2D eigenvalue weighted by molar-refractivity contribution is -0.140. The summed E-state index contributed by atoms with van der Waals surface area (Å²) in [5.74, 6) is -1.67. The molecule has 0 heterocycles. The van der Waals surface area contributed by atoms with Gasteiger partial charge >= 0.3 is 6.09 Å². The minimum Gasteiger partial charge on any atom is -0.508 e. The SMILES string of the molecule is Cc1cccc(C)c1NC(=O)C(c1cccc(O)c1)N(CC#N)C(=O)C(CO)NC(=O)OC(C)(C)C. The third-order valence-electron chi connectivity index (χ3n) is 5.17. The quantitative estimate of drug-likeness (QED) is 0.410. The van der Waals surface area contributed by atoms with Crippen LogP contribution < -0.4 is 10.6 Å². The standard InChI is InChI=1S/C26H32N4O6/c1-16-8-6-9-17(2)21(16)29-23(33)22(18-10-7-11-19(32)14-18)30(13-12-27)24(34)20(15-31)28-25(35)36-26(3,4)5/h6-11,14,20,22,31-32H,13,15H2,1-5H3,(H,28,35)(H,29,33). The molecule has 0 fully saturated rings. The average Bonchev–Trinajstić information content (AvgIpc) is 2.78. The number of nitrogens with zero attached hydrogens (tertiary/aromatic N) is 2. The van der Waals surface area contributed by atoms with Crippen molar-refractivity contribution in [3.63, 3.8) is 0 Å². The van der Waals surface area contributed by atoms with E-state index in [1.165, 1.54) is 24.3 Å². The zero-order valence-corrected chi connectivity index (χ0v) is 21.0. The number of carbonyl (C=O) groups excluding carboxylic acids is 3. The van der Waals surface area contributed by atoms with Crippen LogP contribution in [0.15, 0.2) is 42.5 Å². The van der Waals surface area contributed by atoms with E-state index in [1.54, 1.807) is 20.8 Å². The molecule has 3 amide bonds. The van der Waals surface area contributed by atoms with Crippen molar-refractivity contribution in [3.05, 3.63) is 59.2 Å². The molecule has 2 unspecified atom stereocenters. The molecule has 0 aromatic heterocycles. The van der Waals surface area contributed by atoms with Crippen LogP contribution in [-0.4, -0.2) is 57.8 Å². The van der Waals surface area contributed by atoms with Crippen LogP contribution in [0.2, 0.25) is 0 Å². The van der Waals surface area contributed by atoms with Gasteiger partial charge in [-0.15, -0.1) is 0 Å². The minimum absolute atomic E-state index is 0.146. The molecule has 0 aliphatic rings. The van der Waals surface area contributed by atoms with E-state index in [0.29, 0.717) is 5.69 Å². The van der Waals surface area contributed by atoms with Gasteiger partial charge in [0.2, 0.25) is 5.91 Å². The fraction of sp³-hybridized carbons (Fsp3) is 0.385. The number of aliphatic hydroxyl groups is 1. The van der Waals surface area contributed by atoms with Gasteiger partial charge in [0.05, 0.1) is 12.7 Å². The monoisotopic (exact) mass is 496 g/mol. The van der Waals surface area contributed by atoms with E-state index in [-0.39, 0.29) is 11.3 Å². The van der Waals surface area contributed by atoms with Crippen LogP contribution in [-0.2, 0) is 14.3 Å². The molecule has 0 aliphatic heterocycles. The maximum atomic E-state index is 13.6. The topological polar surface area (TPSA) is 152 Å². The number of phenolic OH excluding ortho intramolecular Hbond substituents is 1. The maximum absolute atomic E-state index is 13.6. The summed E-state index contributed by atoms with van der Waals surface area (Å²) in [4.78, 5) is 40.3. The third-order valence-corrected chi connectivity index (χ3v) is 5.17. The zero-order chi connectivity index (χ0) is 27.0. The second-order valence-corrected chi connectivity index (χ2v) is 9.26. The number of aryl methyl sites for hydroxylation is 2. The number of amides is 3. The maximum Gasteiger partial charge on any atom is 0.408 e. The number of para-hydroxylation sites is 1. The van der Waals surface area contributed by atoms with Gasteiger partial charge in [-0.2, -0.15) is 5.26 Å². The first-order valence-corrected chi connectivity index (χ1v) is 11.3. The summed E-state index contributed by atoms with van der Waals surface area (Å²) in [7, 11) is 0. The summed E-state index contributed by atoms with van der Waals surface area (Å²) in [5.41, 5.74) is 1.50. The lowest BCUT2D eigenvalue weighted by atomic mass is 10.0. The molecule has 0 spiro atoms. The lowest BCUT2D eigenvalue weighted by Crippen LogP contribution is -2.54. The Morgan fingerprint density at radius 1 is 1.11 bits per heavy atom. The first-order valence-electron chi connectivity index (χ1n) is 11.3. The molecule has 10 nitrogen and oxygen atoms in total. The van der Waals surface area contributed by atoms with E-state index >= 15 is 0 Å². The van der Waals surface area contributed by atoms with Crippen LogP contribution in [0.1, 0.15) is 43.5 Å². The van der Waals surface area contributed by atoms with Crippen LogP contribution in [0, 0.1) is 25.2 Å². The lowest BCUT2D eigenvalue weighted by Gasteiger charge is -2.32. The van der Waals surface area contributed by atoms with E-state index in [4.69, 9.17) is 4.74 Å². The number of phenols is 1. The number of nitriles is 1. The number of alkyl carbamates (subject to hydrolysis) is 1. The molecule has 2 aromatic rings. The van der Waals surface area contributed by atoms with Crippen molar-refractivity contribution in [3.8, 4) is 11.8 Å². The van der Waals surface area contributed by atoms with Gasteiger partial charge in [0.15, 0.2) is 0 Å². The van der Waals surface area contributed by atoms with Crippen molar-refractivity contribution in [2.24, 2.45) is 0 Å². The van der Waals surface area contributed by atoms with Gasteiger partial charge in [-0.1, -0.05) is 30.3 Å². The molecule has 0 saturated carbocycles. The molecule has 2 atom stereocenters. The Balaban J connectivity index is 2.49. The fourth-order valence-electron chi connectivity index (χ4n) is 3.58. The summed E-state index contributed by atoms with van der Waals surface area (Å²) in [6.07, 6.45) is -0.944. The fourth-order valence-corrected chi connectivity index (χ4v) is 3.58. The second-order valence-electron chi connectivity index (χ2n) is 9.26. The van der Waals surface area contributed by atoms with Gasteiger partial charge in [-0.3, -0.25) is 9.59 Å². The van der Waals surface area contributed by atoms with E-state index in [0.717, 1.165) is 16.0 Å². The molecule has 192 valence electrons. The van der Waals surface area contributed by atoms with E-state index in [2.05, 4.69) is 10.6 Å². The Bertz CT molecular complexity index is 1130. The van der Waals surface area contributed by atoms with Crippen LogP contribution in [0.3, 0.4) is 0 Å². The summed E-state index contributed by atoms with van der Waals surface area (Å²) in [5, 5.41) is 34.5. The third kappa shape index (κ3) is 7.45. The number of hydrogen-bond acceptors (Lipinski definition) is 7. The Kier molecular flexibility index (Phi) is 9.41. The average molecular weight is 497 g/mol. The largest absolute Gasteiger partial charge is 0.508 e. The molecule has 10 heteroatoms. The second kappa shape index (κ2) is 12.0. The number of hydrogen-bond donors (Lipinski definition) is 4. The van der Waals surface area contributed by atoms with Gasteiger partial charge in [-0.25, -0.2) is 4.79 Å². The molecule has 0 saturated heterocycles. The molecule has 0 aliphatic carbocycles. The Morgan fingerprint density at radius 2 is 1.72 bits per heavy atom. The number of aromatic hydroxyl groups is 1. The number of anilines is 1. The van der Waals surface area contributed by atoms with Gasteiger partial charge in [0.1, 0.15) is 30.0 Å². The highest BCUT2D eigenvalue weighted by molar-refractivity contribution is 6.00. The number of rotatable bonds is 8. The van der Waals surface area contributed by atoms with E-state index in [9.17, 15) is 29.9 Å². The minimum atomic E-state index is -1.49. The van der Waals surface area contributed by atoms with Crippen LogP contribution in [0.4, 0.5) is 10.5 Å². The van der Waals surface area contributed by atoms with Crippen molar-refractivity contribution in [2.45, 2.75) is 52.3 Å². The van der Waals surface area contributed by atoms with Crippen molar-refractivity contribution < 1.29 is 29.3 Å². The normalized spacial score (nSPS) is 12.6. The van der Waals surface area contributed by atoms with Crippen molar-refractivity contribution in [2.75, 3.05) is 18.5 Å². The van der Waals surface area contributed by atoms with Crippen LogP contribution in [0.5, 0.6) is 5.75 Å². The van der Waals surface area contributed by atoms with Gasteiger partial charge in [-0.05, 0) is 63.4 Å². The van der Waals surface area contributed by atoms with Crippen LogP contribution in [0.25, 0.3) is 0 Å². The molecule has 36 heavy (non-hydrogen) atoms. The van der Waals surface area contributed by atoms with Gasteiger partial charge < -0.3 is 30.5 Å². The number of nitrogens with one attached hydrogen (secondary N) is 2. The first-order chi connectivity index (χ1) is 16.9. The molecule has 2 rings (SSSR count). The summed E-state index contributed by atoms with van der Waals surface area (Å²) in [6.45, 7) is 7.21. The molecule has 0 bridgehead atoms. The number of carbonyl (C=O) groups is 3. The predicted octanol–water partition coefficient (Wildman–Crippen LogP) is 2.93. The summed E-state index contributed by atoms with van der Waals surface area (Å²) >= 11 is 0. The summed E-state index contributed by atoms with van der Waals surface area (Å²) in [6, 6.07) is 10.2. The van der Waals surface area contributed by atoms with Gasteiger partial charge in [0.25, 0.3) is 5.91 Å². The Labute approximate surface area is 210 Å². The van der Waals surface area contributed by atoms with Crippen molar-refractivity contribution in [1.29, 1.82) is 5.26 Å². The Hall–Kier alpha value is -4.10. The van der Waals surface area contributed by atoms with Crippen molar-refractivity contribution in [1.82, 2.24) is 10.2 Å². The Morgan fingerprint density at radius 3 is 2.25 bits per heavy atom. The summed E-state index contributed by atoms with van der Waals surface area (Å²) < 4.78 is 5.16. The number of benzene rings is 2. The molecule has 4 N–H and O–H groups in total. The van der Waals surface area contributed by atoms with E-state index in [1.807, 2.05) is 38.1 Å². The van der Waals surface area contributed by atoms with E-state index < -0.39 is 48.7 Å². The number of aliphatic hydroxyl groups excluding tert-OH is 1. The van der Waals surface area contributed by atoms with Crippen molar-refractivity contribution >= 4 is 23.6 Å². The van der Waals surface area contributed by atoms with Gasteiger partial charge in [0, 0.05) is 5.69 Å². The molecular formula is C26H32N4O6. The predicted molar refractivity (Wildman–Crippen MR) is 133 cm³/mol. The highest BCUT2D eigenvalue weighted by Crippen LogP contribution is 2.28. The smallest absolute Gasteiger partial charge is 0.408 e. The zero-order valence-electron chi connectivity index (χ0n) is 21.0. The molecular weight excluding hydrogens is 464 g/mol. The molecule has 0 radical (unpaired) electrons. The highest BCUT2D eigenvalue weighted by atomic mass is 16.6. The van der Waals surface area contributed by atoms with Crippen LogP contribution >= 0.6 is 0 Å². The first kappa shape index (κ1) is 28.1. The highest BCUT2D eigenvalue weighted by Gasteiger charge is 2.36. The molecule has 2 aromatic carbocycles. The number of ether oxygens (including phenoxy) is 1.